The van der Waals surface area contributed by atoms with Gasteiger partial charge in [-0.15, -0.1) is 5.10 Å². The van der Waals surface area contributed by atoms with Crippen molar-refractivity contribution in [3.8, 4) is 0 Å². The van der Waals surface area contributed by atoms with Crippen LogP contribution in [0.1, 0.15) is 30.9 Å². The molecule has 2 aliphatic rings. The smallest absolute Gasteiger partial charge is 0.227 e. The van der Waals surface area contributed by atoms with E-state index in [0.717, 1.165) is 29.7 Å². The first kappa shape index (κ1) is 16.0. The van der Waals surface area contributed by atoms with E-state index < -0.39 is 0 Å². The van der Waals surface area contributed by atoms with Crippen LogP contribution in [0.25, 0.3) is 0 Å². The number of thioether (sulfide) groups is 1. The van der Waals surface area contributed by atoms with Gasteiger partial charge in [-0.3, -0.25) is 4.79 Å². The highest BCUT2D eigenvalue weighted by Crippen LogP contribution is 2.41. The molecule has 0 amide bonds. The summed E-state index contributed by atoms with van der Waals surface area (Å²) < 4.78 is 1.77. The lowest BCUT2D eigenvalue weighted by Crippen LogP contribution is -2.31. The van der Waals surface area contributed by atoms with Crippen LogP contribution in [0.15, 0.2) is 34.6 Å². The van der Waals surface area contributed by atoms with Crippen molar-refractivity contribution in [1.82, 2.24) is 14.8 Å². The Bertz CT molecular complexity index is 877. The molecule has 0 saturated heterocycles. The minimum atomic E-state index is -0.327. The minimum Gasteiger partial charge on any atom is -0.328 e. The van der Waals surface area contributed by atoms with Crippen molar-refractivity contribution < 1.29 is 4.79 Å². The SMILES string of the molecule is CSc1nc2n(n1)C(c1ccc(Cl)c(Cl)c1)C1=C(CCCC1=O)N2. The molecule has 0 bridgehead atoms. The highest BCUT2D eigenvalue weighted by molar-refractivity contribution is 7.98. The molecule has 24 heavy (non-hydrogen) atoms. The number of carbonyl (C=O) groups is 1. The predicted molar refractivity (Wildman–Crippen MR) is 95.9 cm³/mol. The van der Waals surface area contributed by atoms with E-state index in [1.54, 1.807) is 16.8 Å². The van der Waals surface area contributed by atoms with Crippen LogP contribution >= 0.6 is 35.0 Å². The van der Waals surface area contributed by atoms with Crippen molar-refractivity contribution in [2.45, 2.75) is 30.5 Å². The number of fused-ring (bicyclic) bond motifs is 1. The van der Waals surface area contributed by atoms with Gasteiger partial charge in [-0.2, -0.15) is 4.98 Å². The number of carbonyl (C=O) groups excluding carboxylic acids is 1. The number of aromatic nitrogens is 3. The molecule has 8 heteroatoms. The number of hydrogen-bond acceptors (Lipinski definition) is 5. The number of benzene rings is 1. The van der Waals surface area contributed by atoms with Crippen LogP contribution in [0.2, 0.25) is 10.0 Å². The Kier molecular flexibility index (Phi) is 4.06. The van der Waals surface area contributed by atoms with Crippen molar-refractivity contribution in [2.75, 3.05) is 11.6 Å². The summed E-state index contributed by atoms with van der Waals surface area (Å²) in [7, 11) is 0. The number of Topliss-reactive ketones (excluding diaryl/α,β-unsaturated/α-hetero) is 1. The third kappa shape index (κ3) is 2.53. The van der Waals surface area contributed by atoms with Crippen molar-refractivity contribution in [2.24, 2.45) is 0 Å². The summed E-state index contributed by atoms with van der Waals surface area (Å²) >= 11 is 13.7. The number of allylic oxidation sites excluding steroid dienone is 2. The van der Waals surface area contributed by atoms with Gasteiger partial charge in [-0.25, -0.2) is 4.68 Å². The van der Waals surface area contributed by atoms with Gasteiger partial charge in [-0.05, 0) is 36.8 Å². The fourth-order valence-corrected chi connectivity index (χ4v) is 3.87. The number of nitrogens with one attached hydrogen (secondary N) is 1. The Balaban J connectivity index is 1.92. The second-order valence-electron chi connectivity index (χ2n) is 5.74. The molecule has 0 radical (unpaired) electrons. The zero-order valence-electron chi connectivity index (χ0n) is 12.8. The molecule has 0 spiro atoms. The summed E-state index contributed by atoms with van der Waals surface area (Å²) in [6.07, 6.45) is 4.16. The molecular formula is C16H14Cl2N4OS. The van der Waals surface area contributed by atoms with E-state index in [9.17, 15) is 4.79 Å². The summed E-state index contributed by atoms with van der Waals surface area (Å²) in [5.41, 5.74) is 2.58. The number of hydrogen-bond donors (Lipinski definition) is 1. The monoisotopic (exact) mass is 380 g/mol. The molecule has 1 atom stereocenters. The molecule has 2 aromatic rings. The van der Waals surface area contributed by atoms with Crippen molar-refractivity contribution in [3.05, 3.63) is 45.1 Å². The van der Waals surface area contributed by atoms with Crippen molar-refractivity contribution in [3.63, 3.8) is 0 Å². The first-order valence-electron chi connectivity index (χ1n) is 7.57. The lowest BCUT2D eigenvalue weighted by atomic mass is 9.85. The van der Waals surface area contributed by atoms with Gasteiger partial charge in [0.1, 0.15) is 6.04 Å². The number of rotatable bonds is 2. The Morgan fingerprint density at radius 3 is 2.88 bits per heavy atom. The lowest BCUT2D eigenvalue weighted by molar-refractivity contribution is -0.116. The average molecular weight is 381 g/mol. The van der Waals surface area contributed by atoms with Crippen LogP contribution in [0.4, 0.5) is 5.95 Å². The van der Waals surface area contributed by atoms with Gasteiger partial charge in [0.2, 0.25) is 11.1 Å². The fourth-order valence-electron chi connectivity index (χ4n) is 3.21. The Hall–Kier alpha value is -1.50. The van der Waals surface area contributed by atoms with Gasteiger partial charge in [0, 0.05) is 17.7 Å². The minimum absolute atomic E-state index is 0.145. The second kappa shape index (κ2) is 6.10. The maximum Gasteiger partial charge on any atom is 0.227 e. The topological polar surface area (TPSA) is 59.8 Å². The standard InChI is InChI=1S/C16H14Cl2N4OS/c1-24-16-20-15-19-11-3-2-4-12(23)13(11)14(22(15)21-16)8-5-6-9(17)10(18)7-8/h5-7,14H,2-4H2,1H3,(H,19,20,21). The van der Waals surface area contributed by atoms with E-state index in [1.807, 2.05) is 12.3 Å². The van der Waals surface area contributed by atoms with Gasteiger partial charge in [-0.1, -0.05) is 41.0 Å². The number of anilines is 1. The van der Waals surface area contributed by atoms with Crippen molar-refractivity contribution in [1.29, 1.82) is 0 Å². The quantitative estimate of drug-likeness (QED) is 0.785. The first-order valence-corrected chi connectivity index (χ1v) is 9.55. The average Bonchev–Trinajstić information content (AvgIpc) is 2.98. The van der Waals surface area contributed by atoms with Crippen LogP contribution in [0.3, 0.4) is 0 Å². The third-order valence-corrected chi connectivity index (χ3v) is 5.57. The molecule has 1 aliphatic carbocycles. The molecule has 0 saturated carbocycles. The normalized spacial score (nSPS) is 19.8. The molecule has 1 aliphatic heterocycles. The highest BCUT2D eigenvalue weighted by Gasteiger charge is 2.36. The zero-order valence-corrected chi connectivity index (χ0v) is 15.2. The molecule has 5 nitrogen and oxygen atoms in total. The van der Waals surface area contributed by atoms with Crippen LogP contribution in [0, 0.1) is 0 Å². The summed E-state index contributed by atoms with van der Waals surface area (Å²) in [5, 5.41) is 9.45. The molecule has 1 N–H and O–H groups in total. The van der Waals surface area contributed by atoms with E-state index in [-0.39, 0.29) is 11.8 Å². The van der Waals surface area contributed by atoms with E-state index in [1.165, 1.54) is 11.8 Å². The van der Waals surface area contributed by atoms with E-state index in [4.69, 9.17) is 23.2 Å². The first-order chi connectivity index (χ1) is 11.6. The largest absolute Gasteiger partial charge is 0.328 e. The van der Waals surface area contributed by atoms with Gasteiger partial charge >= 0.3 is 0 Å². The Morgan fingerprint density at radius 2 is 2.12 bits per heavy atom. The third-order valence-electron chi connectivity index (χ3n) is 4.29. The second-order valence-corrected chi connectivity index (χ2v) is 7.32. The Morgan fingerprint density at radius 1 is 1.29 bits per heavy atom. The van der Waals surface area contributed by atoms with Gasteiger partial charge in [0.15, 0.2) is 5.78 Å². The van der Waals surface area contributed by atoms with Gasteiger partial charge in [0.05, 0.1) is 10.0 Å². The molecule has 1 aromatic carbocycles. The molecule has 0 fully saturated rings. The number of halogens is 2. The van der Waals surface area contributed by atoms with Crippen LogP contribution in [-0.4, -0.2) is 26.8 Å². The van der Waals surface area contributed by atoms with Gasteiger partial charge < -0.3 is 5.32 Å². The maximum absolute atomic E-state index is 12.6. The summed E-state index contributed by atoms with van der Waals surface area (Å²) in [6, 6.07) is 5.12. The zero-order chi connectivity index (χ0) is 16.8. The molecule has 2 heterocycles. The summed E-state index contributed by atoms with van der Waals surface area (Å²) in [6.45, 7) is 0. The Labute approximate surface area is 153 Å². The lowest BCUT2D eigenvalue weighted by Gasteiger charge is -2.32. The predicted octanol–water partition coefficient (Wildman–Crippen LogP) is 4.33. The van der Waals surface area contributed by atoms with E-state index in [2.05, 4.69) is 15.4 Å². The van der Waals surface area contributed by atoms with Crippen LogP contribution in [-0.2, 0) is 4.79 Å². The maximum atomic E-state index is 12.6. The summed E-state index contributed by atoms with van der Waals surface area (Å²) in [4.78, 5) is 17.1. The van der Waals surface area contributed by atoms with E-state index in [0.29, 0.717) is 27.6 Å². The number of ketones is 1. The fraction of sp³-hybridized carbons (Fsp3) is 0.312. The highest BCUT2D eigenvalue weighted by atomic mass is 35.5. The molecule has 1 unspecified atom stereocenters. The molecule has 1 aromatic heterocycles. The van der Waals surface area contributed by atoms with Crippen LogP contribution in [0.5, 0.6) is 0 Å². The molecule has 4 rings (SSSR count). The van der Waals surface area contributed by atoms with Crippen molar-refractivity contribution >= 4 is 46.7 Å². The van der Waals surface area contributed by atoms with E-state index >= 15 is 0 Å². The molecule has 124 valence electrons. The van der Waals surface area contributed by atoms with Crippen LogP contribution < -0.4 is 5.32 Å². The molecular weight excluding hydrogens is 367 g/mol. The number of nitrogens with zero attached hydrogens (tertiary/aromatic N) is 3. The summed E-state index contributed by atoms with van der Waals surface area (Å²) in [5.74, 6) is 0.801. The van der Waals surface area contributed by atoms with Gasteiger partial charge in [0.25, 0.3) is 0 Å².